The highest BCUT2D eigenvalue weighted by atomic mass is 16.3. The summed E-state index contributed by atoms with van der Waals surface area (Å²) < 4.78 is 5.53. The molecule has 106 valence electrons. The van der Waals surface area contributed by atoms with Gasteiger partial charge in [0, 0.05) is 24.6 Å². The second kappa shape index (κ2) is 5.30. The molecule has 0 saturated carbocycles. The number of hydrogen-bond acceptors (Lipinski definition) is 4. The van der Waals surface area contributed by atoms with Crippen molar-refractivity contribution in [2.75, 3.05) is 0 Å². The van der Waals surface area contributed by atoms with Crippen LogP contribution in [0.25, 0.3) is 11.0 Å². The molecule has 4 nitrogen and oxygen atoms in total. The first kappa shape index (κ1) is 12.5. The summed E-state index contributed by atoms with van der Waals surface area (Å²) in [5, 5.41) is 3.58. The van der Waals surface area contributed by atoms with Gasteiger partial charge in [0.05, 0.1) is 29.2 Å². The van der Waals surface area contributed by atoms with E-state index in [2.05, 4.69) is 21.4 Å². The molecule has 1 atom stereocenters. The lowest BCUT2D eigenvalue weighted by Gasteiger charge is -2.22. The summed E-state index contributed by atoms with van der Waals surface area (Å²) in [6, 6.07) is 10.4. The minimum absolute atomic E-state index is 0.362. The van der Waals surface area contributed by atoms with Crippen LogP contribution in [0, 0.1) is 0 Å². The number of benzene rings is 1. The molecule has 0 bridgehead atoms. The average molecular weight is 279 g/mol. The van der Waals surface area contributed by atoms with Gasteiger partial charge in [-0.3, -0.25) is 4.98 Å². The van der Waals surface area contributed by atoms with Crippen LogP contribution in [0.3, 0.4) is 0 Å². The molecule has 1 N–H and O–H groups in total. The first-order valence-electron chi connectivity index (χ1n) is 7.40. The number of rotatable bonds is 3. The zero-order chi connectivity index (χ0) is 14.1. The van der Waals surface area contributed by atoms with E-state index >= 15 is 0 Å². The van der Waals surface area contributed by atoms with Gasteiger partial charge in [-0.25, -0.2) is 4.98 Å². The monoisotopic (exact) mass is 279 g/mol. The topological polar surface area (TPSA) is 51.0 Å². The van der Waals surface area contributed by atoms with E-state index in [0.29, 0.717) is 6.04 Å². The molecule has 2 heterocycles. The lowest BCUT2D eigenvalue weighted by atomic mass is 9.93. The third-order valence-corrected chi connectivity index (χ3v) is 4.08. The van der Waals surface area contributed by atoms with E-state index in [1.807, 2.05) is 30.5 Å². The van der Waals surface area contributed by atoms with Gasteiger partial charge in [0.2, 0.25) is 0 Å². The molecule has 0 fully saturated rings. The molecule has 3 aromatic rings. The molecule has 0 radical (unpaired) electrons. The molecule has 21 heavy (non-hydrogen) atoms. The van der Waals surface area contributed by atoms with Gasteiger partial charge >= 0.3 is 0 Å². The number of furan rings is 1. The van der Waals surface area contributed by atoms with Crippen LogP contribution in [0.2, 0.25) is 0 Å². The van der Waals surface area contributed by atoms with E-state index in [1.54, 1.807) is 6.26 Å². The molecule has 0 amide bonds. The van der Waals surface area contributed by atoms with Gasteiger partial charge in [0.25, 0.3) is 0 Å². The van der Waals surface area contributed by atoms with Crippen molar-refractivity contribution >= 4 is 11.0 Å². The minimum Gasteiger partial charge on any atom is -0.469 e. The van der Waals surface area contributed by atoms with E-state index in [4.69, 9.17) is 4.42 Å². The second-order valence-corrected chi connectivity index (χ2v) is 5.47. The first-order chi connectivity index (χ1) is 10.4. The van der Waals surface area contributed by atoms with Crippen LogP contribution in [0.5, 0.6) is 0 Å². The van der Waals surface area contributed by atoms with Gasteiger partial charge in [-0.15, -0.1) is 0 Å². The zero-order valence-electron chi connectivity index (χ0n) is 11.7. The number of para-hydroxylation sites is 2. The normalized spacial score (nSPS) is 17.8. The third kappa shape index (κ3) is 2.43. The van der Waals surface area contributed by atoms with Crippen molar-refractivity contribution in [2.24, 2.45) is 0 Å². The smallest absolute Gasteiger partial charge is 0.108 e. The van der Waals surface area contributed by atoms with E-state index < -0.39 is 0 Å². The van der Waals surface area contributed by atoms with Crippen molar-refractivity contribution < 1.29 is 4.42 Å². The van der Waals surface area contributed by atoms with E-state index in [1.165, 1.54) is 12.0 Å². The first-order valence-corrected chi connectivity index (χ1v) is 7.40. The van der Waals surface area contributed by atoms with Gasteiger partial charge < -0.3 is 9.73 Å². The van der Waals surface area contributed by atoms with Crippen LogP contribution in [0.1, 0.15) is 35.9 Å². The Hall–Kier alpha value is -2.20. The fourth-order valence-electron chi connectivity index (χ4n) is 3.01. The number of nitrogens with one attached hydrogen (secondary N) is 1. The third-order valence-electron chi connectivity index (χ3n) is 4.08. The Labute approximate surface area is 123 Å². The predicted molar refractivity (Wildman–Crippen MR) is 80.8 cm³/mol. The standard InChI is InChI=1S/C17H17N3O/c1-2-5-16-15(4-1)19-11-12(20-16)10-18-14-6-3-7-17-13(14)8-9-21-17/h1-2,4-5,8-9,11,14,18H,3,6-7,10H2. The number of aryl methyl sites for hydroxylation is 1. The molecule has 4 heteroatoms. The van der Waals surface area contributed by atoms with Crippen molar-refractivity contribution in [1.82, 2.24) is 15.3 Å². The number of aromatic nitrogens is 2. The maximum atomic E-state index is 5.53. The Morgan fingerprint density at radius 1 is 1.19 bits per heavy atom. The largest absolute Gasteiger partial charge is 0.469 e. The molecule has 1 aliphatic carbocycles. The van der Waals surface area contributed by atoms with Crippen LogP contribution in [-0.2, 0) is 13.0 Å². The predicted octanol–water partition coefficient (Wildman–Crippen LogP) is 3.39. The maximum Gasteiger partial charge on any atom is 0.108 e. The quantitative estimate of drug-likeness (QED) is 0.798. The van der Waals surface area contributed by atoms with Gasteiger partial charge in [-0.05, 0) is 31.0 Å². The summed E-state index contributed by atoms with van der Waals surface area (Å²) in [6.45, 7) is 0.729. The molecule has 2 aromatic heterocycles. The van der Waals surface area contributed by atoms with Crippen molar-refractivity contribution in [3.8, 4) is 0 Å². The van der Waals surface area contributed by atoms with E-state index in [-0.39, 0.29) is 0 Å². The Bertz CT molecular complexity index is 765. The Morgan fingerprint density at radius 3 is 3.05 bits per heavy atom. The lowest BCUT2D eigenvalue weighted by Crippen LogP contribution is -2.24. The molecule has 1 aromatic carbocycles. The number of nitrogens with zero attached hydrogens (tertiary/aromatic N) is 2. The Morgan fingerprint density at radius 2 is 2.10 bits per heavy atom. The summed E-state index contributed by atoms with van der Waals surface area (Å²) in [6.07, 6.45) is 7.01. The van der Waals surface area contributed by atoms with Crippen molar-refractivity contribution in [1.29, 1.82) is 0 Å². The second-order valence-electron chi connectivity index (χ2n) is 5.47. The van der Waals surface area contributed by atoms with Crippen LogP contribution in [-0.4, -0.2) is 9.97 Å². The summed E-state index contributed by atoms with van der Waals surface area (Å²) >= 11 is 0. The van der Waals surface area contributed by atoms with Crippen molar-refractivity contribution in [3.05, 3.63) is 59.8 Å². The zero-order valence-corrected chi connectivity index (χ0v) is 11.7. The SMILES string of the molecule is c1ccc2nc(CNC3CCCc4occc43)cnc2c1. The van der Waals surface area contributed by atoms with Gasteiger partial charge in [-0.1, -0.05) is 12.1 Å². The van der Waals surface area contributed by atoms with Crippen LogP contribution in [0.4, 0.5) is 0 Å². The number of hydrogen-bond donors (Lipinski definition) is 1. The fraction of sp³-hybridized carbons (Fsp3) is 0.294. The van der Waals surface area contributed by atoms with Crippen molar-refractivity contribution in [2.45, 2.75) is 31.8 Å². The lowest BCUT2D eigenvalue weighted by molar-refractivity contribution is 0.409. The molecular formula is C17H17N3O. The van der Waals surface area contributed by atoms with Crippen LogP contribution in [0.15, 0.2) is 47.2 Å². The maximum absolute atomic E-state index is 5.53. The molecule has 1 unspecified atom stereocenters. The summed E-state index contributed by atoms with van der Waals surface area (Å²) in [5.74, 6) is 1.13. The molecule has 1 aliphatic rings. The fourth-order valence-corrected chi connectivity index (χ4v) is 3.01. The minimum atomic E-state index is 0.362. The van der Waals surface area contributed by atoms with Gasteiger partial charge in [0.15, 0.2) is 0 Å². The highest BCUT2D eigenvalue weighted by molar-refractivity contribution is 5.73. The molecular weight excluding hydrogens is 262 g/mol. The molecule has 0 spiro atoms. The highest BCUT2D eigenvalue weighted by Gasteiger charge is 2.22. The average Bonchev–Trinajstić information content (AvgIpc) is 3.02. The summed E-state index contributed by atoms with van der Waals surface area (Å²) in [5.41, 5.74) is 4.17. The van der Waals surface area contributed by atoms with E-state index in [9.17, 15) is 0 Å². The van der Waals surface area contributed by atoms with Crippen molar-refractivity contribution in [3.63, 3.8) is 0 Å². The molecule has 0 aliphatic heterocycles. The molecule has 0 saturated heterocycles. The van der Waals surface area contributed by atoms with Gasteiger partial charge in [-0.2, -0.15) is 0 Å². The Kier molecular flexibility index (Phi) is 3.16. The molecule has 4 rings (SSSR count). The highest BCUT2D eigenvalue weighted by Crippen LogP contribution is 2.30. The van der Waals surface area contributed by atoms with Crippen LogP contribution >= 0.6 is 0 Å². The van der Waals surface area contributed by atoms with E-state index in [0.717, 1.165) is 41.9 Å². The Balaban J connectivity index is 1.51. The number of fused-ring (bicyclic) bond motifs is 2. The summed E-state index contributed by atoms with van der Waals surface area (Å²) in [7, 11) is 0. The van der Waals surface area contributed by atoms with Gasteiger partial charge in [0.1, 0.15) is 5.76 Å². The van der Waals surface area contributed by atoms with Crippen LogP contribution < -0.4 is 5.32 Å². The summed E-state index contributed by atoms with van der Waals surface area (Å²) in [4.78, 5) is 9.11.